The summed E-state index contributed by atoms with van der Waals surface area (Å²) in [7, 11) is 0. The molecule has 1 aromatic carbocycles. The topological polar surface area (TPSA) is 90.5 Å². The van der Waals surface area contributed by atoms with Crippen molar-refractivity contribution < 1.29 is 14.7 Å². The first-order chi connectivity index (χ1) is 11.0. The summed E-state index contributed by atoms with van der Waals surface area (Å²) in [6.07, 6.45) is 1.74. The van der Waals surface area contributed by atoms with E-state index in [1.807, 2.05) is 0 Å². The Kier molecular flexibility index (Phi) is 3.90. The van der Waals surface area contributed by atoms with Crippen LogP contribution in [0.15, 0.2) is 35.1 Å². The second-order valence-corrected chi connectivity index (χ2v) is 6.03. The number of benzene rings is 1. The van der Waals surface area contributed by atoms with Gasteiger partial charge in [-0.25, -0.2) is 0 Å². The van der Waals surface area contributed by atoms with Gasteiger partial charge in [0.15, 0.2) is 0 Å². The molecule has 2 N–H and O–H groups in total. The Hall–Kier alpha value is -2.63. The van der Waals surface area contributed by atoms with Crippen molar-refractivity contribution in [2.75, 3.05) is 6.54 Å². The molecule has 0 saturated heterocycles. The van der Waals surface area contributed by atoms with E-state index < -0.39 is 11.9 Å². The van der Waals surface area contributed by atoms with Crippen LogP contribution in [-0.4, -0.2) is 39.5 Å². The van der Waals surface area contributed by atoms with E-state index in [0.717, 1.165) is 12.8 Å². The van der Waals surface area contributed by atoms with E-state index in [2.05, 4.69) is 4.98 Å². The van der Waals surface area contributed by atoms with Crippen LogP contribution in [0.2, 0.25) is 0 Å². The van der Waals surface area contributed by atoms with E-state index in [4.69, 9.17) is 5.11 Å². The van der Waals surface area contributed by atoms with Gasteiger partial charge in [0.2, 0.25) is 0 Å². The van der Waals surface area contributed by atoms with Gasteiger partial charge < -0.3 is 15.0 Å². The van der Waals surface area contributed by atoms with Crippen LogP contribution in [0.1, 0.15) is 30.3 Å². The number of rotatable bonds is 5. The third-order valence-electron chi connectivity index (χ3n) is 4.12. The predicted octanol–water partition coefficient (Wildman–Crippen LogP) is 1.85. The lowest BCUT2D eigenvalue weighted by Gasteiger charge is -2.24. The maximum absolute atomic E-state index is 12.7. The number of aromatic nitrogens is 1. The van der Waals surface area contributed by atoms with Crippen LogP contribution >= 0.6 is 0 Å². The molecule has 1 saturated carbocycles. The molecule has 0 bridgehead atoms. The number of aliphatic carboxylic acids is 1. The van der Waals surface area contributed by atoms with Gasteiger partial charge in [-0.1, -0.05) is 25.1 Å². The van der Waals surface area contributed by atoms with E-state index in [0.29, 0.717) is 10.8 Å². The number of carboxylic acid groups (broad SMARTS) is 1. The Labute approximate surface area is 132 Å². The van der Waals surface area contributed by atoms with Crippen molar-refractivity contribution in [2.24, 2.45) is 5.92 Å². The molecule has 1 aromatic heterocycles. The van der Waals surface area contributed by atoms with Crippen LogP contribution < -0.4 is 5.56 Å². The van der Waals surface area contributed by atoms with Gasteiger partial charge >= 0.3 is 5.97 Å². The standard InChI is InChI=1S/C17H18N2O4/c1-10(17(22)23)9-19(12-6-7-12)16(21)14-8-11-4-2-3-5-13(11)15(20)18-14/h2-5,8,10,12H,6-7,9H2,1H3,(H,18,20)(H,22,23). The summed E-state index contributed by atoms with van der Waals surface area (Å²) < 4.78 is 0. The highest BCUT2D eigenvalue weighted by atomic mass is 16.4. The van der Waals surface area contributed by atoms with Gasteiger partial charge in [0, 0.05) is 18.0 Å². The molecular formula is C17H18N2O4. The number of carboxylic acids is 1. The number of amides is 1. The number of carbonyl (C=O) groups is 2. The lowest BCUT2D eigenvalue weighted by molar-refractivity contribution is -0.141. The summed E-state index contributed by atoms with van der Waals surface area (Å²) >= 11 is 0. The lowest BCUT2D eigenvalue weighted by Crippen LogP contribution is -2.39. The molecule has 0 spiro atoms. The zero-order valence-electron chi connectivity index (χ0n) is 12.8. The quantitative estimate of drug-likeness (QED) is 0.881. The molecule has 23 heavy (non-hydrogen) atoms. The number of carbonyl (C=O) groups excluding carboxylic acids is 1. The second kappa shape index (κ2) is 5.87. The Balaban J connectivity index is 1.94. The minimum Gasteiger partial charge on any atom is -0.481 e. The first-order valence-electron chi connectivity index (χ1n) is 7.63. The average molecular weight is 314 g/mol. The Morgan fingerprint density at radius 2 is 2.04 bits per heavy atom. The van der Waals surface area contributed by atoms with Crippen molar-refractivity contribution in [1.29, 1.82) is 0 Å². The first kappa shape index (κ1) is 15.3. The molecule has 6 nitrogen and oxygen atoms in total. The molecule has 2 aromatic rings. The summed E-state index contributed by atoms with van der Waals surface area (Å²) in [5, 5.41) is 10.3. The monoisotopic (exact) mass is 314 g/mol. The van der Waals surface area contributed by atoms with Crippen molar-refractivity contribution in [3.8, 4) is 0 Å². The van der Waals surface area contributed by atoms with E-state index >= 15 is 0 Å². The van der Waals surface area contributed by atoms with Gasteiger partial charge in [-0.05, 0) is 30.4 Å². The molecule has 1 atom stereocenters. The summed E-state index contributed by atoms with van der Waals surface area (Å²) in [6.45, 7) is 1.72. The number of aromatic amines is 1. The fourth-order valence-corrected chi connectivity index (χ4v) is 2.64. The zero-order valence-corrected chi connectivity index (χ0v) is 12.8. The van der Waals surface area contributed by atoms with Crippen molar-refractivity contribution >= 4 is 22.6 Å². The molecule has 0 aliphatic heterocycles. The number of pyridine rings is 1. The molecule has 1 heterocycles. The number of nitrogens with zero attached hydrogens (tertiary/aromatic N) is 1. The second-order valence-electron chi connectivity index (χ2n) is 6.03. The van der Waals surface area contributed by atoms with Gasteiger partial charge in [-0.3, -0.25) is 14.4 Å². The van der Waals surface area contributed by atoms with Crippen LogP contribution in [0.5, 0.6) is 0 Å². The Morgan fingerprint density at radius 1 is 1.35 bits per heavy atom. The smallest absolute Gasteiger partial charge is 0.308 e. The van der Waals surface area contributed by atoms with Crippen LogP contribution in [-0.2, 0) is 4.79 Å². The van der Waals surface area contributed by atoms with E-state index in [1.165, 1.54) is 0 Å². The Morgan fingerprint density at radius 3 is 2.70 bits per heavy atom. The predicted molar refractivity (Wildman–Crippen MR) is 85.4 cm³/mol. The average Bonchev–Trinajstić information content (AvgIpc) is 3.36. The maximum Gasteiger partial charge on any atom is 0.308 e. The first-order valence-corrected chi connectivity index (χ1v) is 7.63. The largest absolute Gasteiger partial charge is 0.481 e. The van der Waals surface area contributed by atoms with Crippen LogP contribution in [0.3, 0.4) is 0 Å². The van der Waals surface area contributed by atoms with Gasteiger partial charge in [-0.15, -0.1) is 0 Å². The van der Waals surface area contributed by atoms with Gasteiger partial charge in [0.25, 0.3) is 11.5 Å². The van der Waals surface area contributed by atoms with Crippen LogP contribution in [0.25, 0.3) is 10.8 Å². The number of nitrogens with one attached hydrogen (secondary N) is 1. The molecule has 1 unspecified atom stereocenters. The highest BCUT2D eigenvalue weighted by Crippen LogP contribution is 2.29. The summed E-state index contributed by atoms with van der Waals surface area (Å²) in [4.78, 5) is 40.1. The molecule has 1 fully saturated rings. The molecule has 1 aliphatic rings. The SMILES string of the molecule is CC(CN(C(=O)c1cc2ccccc2c(=O)[nH]1)C1CC1)C(=O)O. The molecule has 1 amide bonds. The minimum atomic E-state index is -0.935. The summed E-state index contributed by atoms with van der Waals surface area (Å²) in [5.41, 5.74) is -0.105. The van der Waals surface area contributed by atoms with E-state index in [9.17, 15) is 14.4 Å². The lowest BCUT2D eigenvalue weighted by atomic mass is 10.1. The molecule has 120 valence electrons. The van der Waals surface area contributed by atoms with Gasteiger partial charge in [0.05, 0.1) is 5.92 Å². The van der Waals surface area contributed by atoms with Gasteiger partial charge in [0.1, 0.15) is 5.69 Å². The van der Waals surface area contributed by atoms with E-state index in [1.54, 1.807) is 42.2 Å². The van der Waals surface area contributed by atoms with Crippen LogP contribution in [0, 0.1) is 5.92 Å². The summed E-state index contributed by atoms with van der Waals surface area (Å²) in [5.74, 6) is -1.90. The minimum absolute atomic E-state index is 0.0688. The molecular weight excluding hydrogens is 296 g/mol. The van der Waals surface area contributed by atoms with Crippen molar-refractivity contribution in [3.05, 3.63) is 46.4 Å². The highest BCUT2D eigenvalue weighted by Gasteiger charge is 2.35. The van der Waals surface area contributed by atoms with Crippen molar-refractivity contribution in [3.63, 3.8) is 0 Å². The zero-order chi connectivity index (χ0) is 16.6. The molecule has 3 rings (SSSR count). The maximum atomic E-state index is 12.7. The molecule has 6 heteroatoms. The number of H-pyrrole nitrogens is 1. The third kappa shape index (κ3) is 3.11. The van der Waals surface area contributed by atoms with Gasteiger partial charge in [-0.2, -0.15) is 0 Å². The number of fused-ring (bicyclic) bond motifs is 1. The number of hydrogen-bond acceptors (Lipinski definition) is 3. The molecule has 0 radical (unpaired) electrons. The van der Waals surface area contributed by atoms with Crippen molar-refractivity contribution in [2.45, 2.75) is 25.8 Å². The Bertz CT molecular complexity index is 823. The third-order valence-corrected chi connectivity index (χ3v) is 4.12. The van der Waals surface area contributed by atoms with Crippen molar-refractivity contribution in [1.82, 2.24) is 9.88 Å². The van der Waals surface area contributed by atoms with E-state index in [-0.39, 0.29) is 29.7 Å². The fraction of sp³-hybridized carbons (Fsp3) is 0.353. The number of hydrogen-bond donors (Lipinski definition) is 2. The van der Waals surface area contributed by atoms with Crippen LogP contribution in [0.4, 0.5) is 0 Å². The highest BCUT2D eigenvalue weighted by molar-refractivity contribution is 5.96. The summed E-state index contributed by atoms with van der Waals surface area (Å²) in [6, 6.07) is 8.78. The fourth-order valence-electron chi connectivity index (χ4n) is 2.64. The molecule has 1 aliphatic carbocycles. The normalized spacial score (nSPS) is 15.3.